The fourth-order valence-corrected chi connectivity index (χ4v) is 3.28. The molecule has 1 heterocycles. The quantitative estimate of drug-likeness (QED) is 0.702. The molecule has 7 heteroatoms. The predicted octanol–water partition coefficient (Wildman–Crippen LogP) is 2.97. The summed E-state index contributed by atoms with van der Waals surface area (Å²) >= 11 is 0. The Balaban J connectivity index is 1.55. The smallest absolute Gasteiger partial charge is 0.258 e. The summed E-state index contributed by atoms with van der Waals surface area (Å²) in [5, 5.41) is 5.57. The minimum Gasteiger partial charge on any atom is -0.484 e. The fraction of sp³-hybridized carbons (Fsp3) is 0.348. The van der Waals surface area contributed by atoms with Gasteiger partial charge in [-0.2, -0.15) is 0 Å². The lowest BCUT2D eigenvalue weighted by Crippen LogP contribution is -2.48. The van der Waals surface area contributed by atoms with Gasteiger partial charge in [0.05, 0.1) is 0 Å². The number of carbonyl (C=O) groups is 3. The summed E-state index contributed by atoms with van der Waals surface area (Å²) in [6.07, 6.45) is 1.43. The van der Waals surface area contributed by atoms with E-state index in [9.17, 15) is 14.4 Å². The van der Waals surface area contributed by atoms with Gasteiger partial charge in [0.25, 0.3) is 5.91 Å². The number of hydrogen-bond acceptors (Lipinski definition) is 4. The van der Waals surface area contributed by atoms with Gasteiger partial charge in [0.15, 0.2) is 6.61 Å². The van der Waals surface area contributed by atoms with E-state index in [2.05, 4.69) is 10.6 Å². The Hall–Kier alpha value is -3.35. The number of nitrogens with zero attached hydrogens (tertiary/aromatic N) is 1. The molecule has 0 aromatic heterocycles. The standard InChI is InChI=1S/C23H27N3O4/c1-16(2)22(25-20(27)15-30-19-7-4-3-5-8-19)23(29)24-17-10-12-18(13-11-17)26-14-6-9-21(26)28/h3-5,7-8,10-13,16,22H,6,9,14-15H2,1-2H3,(H,24,29)(H,25,27)/t22-/m0/s1. The molecule has 0 radical (unpaired) electrons. The number of para-hydroxylation sites is 1. The average molecular weight is 409 g/mol. The molecule has 30 heavy (non-hydrogen) atoms. The van der Waals surface area contributed by atoms with Crippen LogP contribution in [0.4, 0.5) is 11.4 Å². The van der Waals surface area contributed by atoms with Gasteiger partial charge >= 0.3 is 0 Å². The number of amides is 3. The van der Waals surface area contributed by atoms with Gasteiger partial charge in [-0.3, -0.25) is 14.4 Å². The third kappa shape index (κ3) is 5.59. The Kier molecular flexibility index (Phi) is 7.06. The zero-order valence-corrected chi connectivity index (χ0v) is 17.3. The monoisotopic (exact) mass is 409 g/mol. The van der Waals surface area contributed by atoms with Crippen molar-refractivity contribution in [2.45, 2.75) is 32.7 Å². The molecular formula is C23H27N3O4. The van der Waals surface area contributed by atoms with E-state index < -0.39 is 6.04 Å². The van der Waals surface area contributed by atoms with Gasteiger partial charge < -0.3 is 20.3 Å². The van der Waals surface area contributed by atoms with Gasteiger partial charge in [-0.15, -0.1) is 0 Å². The zero-order valence-electron chi connectivity index (χ0n) is 17.3. The van der Waals surface area contributed by atoms with Gasteiger partial charge in [-0.05, 0) is 48.7 Å². The maximum atomic E-state index is 12.7. The molecule has 1 aliphatic heterocycles. The number of ether oxygens (including phenoxy) is 1. The van der Waals surface area contributed by atoms with Crippen LogP contribution in [0, 0.1) is 5.92 Å². The van der Waals surface area contributed by atoms with Gasteiger partial charge in [-0.1, -0.05) is 32.0 Å². The lowest BCUT2D eigenvalue weighted by Gasteiger charge is -2.22. The number of hydrogen-bond donors (Lipinski definition) is 2. The molecule has 0 unspecified atom stereocenters. The van der Waals surface area contributed by atoms with Crippen LogP contribution >= 0.6 is 0 Å². The van der Waals surface area contributed by atoms with E-state index in [1.807, 2.05) is 44.2 Å². The Morgan fingerprint density at radius 2 is 1.77 bits per heavy atom. The largest absolute Gasteiger partial charge is 0.484 e. The molecule has 0 saturated carbocycles. The van der Waals surface area contributed by atoms with Crippen LogP contribution in [-0.2, 0) is 14.4 Å². The number of anilines is 2. The molecule has 2 aromatic carbocycles. The molecule has 1 saturated heterocycles. The number of rotatable bonds is 8. The van der Waals surface area contributed by atoms with Crippen LogP contribution in [0.2, 0.25) is 0 Å². The molecule has 158 valence electrons. The maximum absolute atomic E-state index is 12.7. The summed E-state index contributed by atoms with van der Waals surface area (Å²) < 4.78 is 5.44. The fourth-order valence-electron chi connectivity index (χ4n) is 3.28. The van der Waals surface area contributed by atoms with Crippen LogP contribution in [0.15, 0.2) is 54.6 Å². The van der Waals surface area contributed by atoms with Crippen LogP contribution in [0.3, 0.4) is 0 Å². The van der Waals surface area contributed by atoms with Gasteiger partial charge in [0, 0.05) is 24.3 Å². The lowest BCUT2D eigenvalue weighted by atomic mass is 10.0. The summed E-state index contributed by atoms with van der Waals surface area (Å²) in [6, 6.07) is 15.5. The van der Waals surface area contributed by atoms with E-state index in [0.717, 1.165) is 18.7 Å². The summed E-state index contributed by atoms with van der Waals surface area (Å²) in [7, 11) is 0. The molecule has 2 aromatic rings. The van der Waals surface area contributed by atoms with E-state index in [-0.39, 0.29) is 30.2 Å². The highest BCUT2D eigenvalue weighted by atomic mass is 16.5. The first-order valence-corrected chi connectivity index (χ1v) is 10.1. The number of benzene rings is 2. The Labute approximate surface area is 176 Å². The minimum atomic E-state index is -0.697. The third-order valence-electron chi connectivity index (χ3n) is 4.90. The highest BCUT2D eigenvalue weighted by Gasteiger charge is 2.25. The predicted molar refractivity (Wildman–Crippen MR) is 115 cm³/mol. The van der Waals surface area contributed by atoms with E-state index in [1.165, 1.54) is 0 Å². The molecule has 1 aliphatic rings. The molecule has 0 spiro atoms. The van der Waals surface area contributed by atoms with Crippen molar-refractivity contribution >= 4 is 29.1 Å². The van der Waals surface area contributed by atoms with E-state index in [4.69, 9.17) is 4.74 Å². The molecule has 0 aliphatic carbocycles. The Morgan fingerprint density at radius 3 is 2.37 bits per heavy atom. The van der Waals surface area contributed by atoms with Crippen molar-refractivity contribution in [1.29, 1.82) is 0 Å². The molecule has 0 bridgehead atoms. The summed E-state index contributed by atoms with van der Waals surface area (Å²) in [4.78, 5) is 38.6. The highest BCUT2D eigenvalue weighted by Crippen LogP contribution is 2.23. The first-order chi connectivity index (χ1) is 14.4. The van der Waals surface area contributed by atoms with E-state index in [1.54, 1.807) is 29.2 Å². The molecule has 1 atom stereocenters. The van der Waals surface area contributed by atoms with Crippen molar-refractivity contribution in [3.05, 3.63) is 54.6 Å². The van der Waals surface area contributed by atoms with Gasteiger partial charge in [-0.25, -0.2) is 0 Å². The maximum Gasteiger partial charge on any atom is 0.258 e. The zero-order chi connectivity index (χ0) is 21.5. The van der Waals surface area contributed by atoms with Gasteiger partial charge in [0.1, 0.15) is 11.8 Å². The van der Waals surface area contributed by atoms with Crippen molar-refractivity contribution in [2.75, 3.05) is 23.4 Å². The minimum absolute atomic E-state index is 0.104. The second-order valence-electron chi connectivity index (χ2n) is 7.58. The number of carbonyl (C=O) groups excluding carboxylic acids is 3. The molecule has 3 amide bonds. The first-order valence-electron chi connectivity index (χ1n) is 10.1. The normalized spacial score (nSPS) is 14.5. The van der Waals surface area contributed by atoms with Crippen molar-refractivity contribution < 1.29 is 19.1 Å². The first kappa shape index (κ1) is 21.4. The molecule has 2 N–H and O–H groups in total. The third-order valence-corrected chi connectivity index (χ3v) is 4.90. The lowest BCUT2D eigenvalue weighted by molar-refractivity contribution is -0.128. The average Bonchev–Trinajstić information content (AvgIpc) is 3.17. The van der Waals surface area contributed by atoms with Crippen molar-refractivity contribution in [3.63, 3.8) is 0 Å². The molecular weight excluding hydrogens is 382 g/mol. The molecule has 1 fully saturated rings. The van der Waals surface area contributed by atoms with Crippen LogP contribution in [0.5, 0.6) is 5.75 Å². The molecule has 3 rings (SSSR count). The highest BCUT2D eigenvalue weighted by molar-refractivity contribution is 5.98. The van der Waals surface area contributed by atoms with Crippen molar-refractivity contribution in [1.82, 2.24) is 5.32 Å². The summed E-state index contributed by atoms with van der Waals surface area (Å²) in [6.45, 7) is 4.28. The van der Waals surface area contributed by atoms with Crippen LogP contribution in [-0.4, -0.2) is 36.9 Å². The topological polar surface area (TPSA) is 87.7 Å². The summed E-state index contributed by atoms with van der Waals surface area (Å²) in [5.74, 6) is -0.0623. The van der Waals surface area contributed by atoms with E-state index >= 15 is 0 Å². The Bertz CT molecular complexity index is 881. The molecule has 7 nitrogen and oxygen atoms in total. The van der Waals surface area contributed by atoms with Crippen LogP contribution in [0.1, 0.15) is 26.7 Å². The van der Waals surface area contributed by atoms with Crippen molar-refractivity contribution in [3.8, 4) is 5.75 Å². The van der Waals surface area contributed by atoms with Crippen LogP contribution in [0.25, 0.3) is 0 Å². The second-order valence-corrected chi connectivity index (χ2v) is 7.58. The SMILES string of the molecule is CC(C)[C@H](NC(=O)COc1ccccc1)C(=O)Nc1ccc(N2CCCC2=O)cc1. The van der Waals surface area contributed by atoms with Crippen molar-refractivity contribution in [2.24, 2.45) is 5.92 Å². The number of nitrogens with one attached hydrogen (secondary N) is 2. The Morgan fingerprint density at radius 1 is 1.07 bits per heavy atom. The summed E-state index contributed by atoms with van der Waals surface area (Å²) in [5.41, 5.74) is 1.43. The van der Waals surface area contributed by atoms with Gasteiger partial charge in [0.2, 0.25) is 11.8 Å². The van der Waals surface area contributed by atoms with E-state index in [0.29, 0.717) is 17.9 Å². The van der Waals surface area contributed by atoms with Crippen LogP contribution < -0.4 is 20.3 Å². The second kappa shape index (κ2) is 9.91.